The number of amides is 1. The van der Waals surface area contributed by atoms with E-state index in [0.717, 1.165) is 52.5 Å². The second kappa shape index (κ2) is 8.44. The first-order valence-corrected chi connectivity index (χ1v) is 10.5. The molecule has 7 nitrogen and oxygen atoms in total. The Hall–Kier alpha value is -2.55. The van der Waals surface area contributed by atoms with E-state index in [1.54, 1.807) is 11.3 Å². The minimum atomic E-state index is -0.0179. The molecule has 0 saturated carbocycles. The molecule has 4 rings (SSSR count). The largest absolute Gasteiger partial charge is 0.354 e. The molecule has 0 radical (unpaired) electrons. The Bertz CT molecular complexity index is 1010. The van der Waals surface area contributed by atoms with E-state index in [2.05, 4.69) is 50.3 Å². The molecule has 1 aliphatic rings. The van der Waals surface area contributed by atoms with E-state index in [0.29, 0.717) is 12.4 Å². The van der Waals surface area contributed by atoms with Gasteiger partial charge in [0.2, 0.25) is 5.91 Å². The zero-order valence-electron chi connectivity index (χ0n) is 17.1. The number of anilines is 2. The number of hydrogen-bond acceptors (Lipinski definition) is 7. The molecule has 1 fully saturated rings. The molecular weight excluding hydrogens is 384 g/mol. The monoisotopic (exact) mass is 410 g/mol. The van der Waals surface area contributed by atoms with E-state index in [9.17, 15) is 4.79 Å². The molecule has 1 saturated heterocycles. The molecule has 8 heteroatoms. The van der Waals surface area contributed by atoms with Gasteiger partial charge < -0.3 is 15.1 Å². The van der Waals surface area contributed by atoms with Crippen LogP contribution in [-0.4, -0.2) is 79.5 Å². The first kappa shape index (κ1) is 19.8. The minimum absolute atomic E-state index is 0.0179. The Labute approximate surface area is 175 Å². The predicted octanol–water partition coefficient (Wildman–Crippen LogP) is 2.61. The summed E-state index contributed by atoms with van der Waals surface area (Å²) < 4.78 is 0. The number of thiazole rings is 1. The van der Waals surface area contributed by atoms with Gasteiger partial charge in [-0.15, -0.1) is 0 Å². The molecule has 152 valence electrons. The van der Waals surface area contributed by atoms with Crippen molar-refractivity contribution in [2.75, 3.05) is 64.1 Å². The van der Waals surface area contributed by atoms with Crippen molar-refractivity contribution < 1.29 is 4.79 Å². The highest BCUT2D eigenvalue weighted by molar-refractivity contribution is 7.18. The van der Waals surface area contributed by atoms with Gasteiger partial charge in [0, 0.05) is 58.1 Å². The quantitative estimate of drug-likeness (QED) is 0.698. The zero-order valence-corrected chi connectivity index (χ0v) is 17.9. The molecule has 3 heterocycles. The summed E-state index contributed by atoms with van der Waals surface area (Å²) in [4.78, 5) is 28.9. The summed E-state index contributed by atoms with van der Waals surface area (Å²) in [6.07, 6.45) is 3.71. The lowest BCUT2D eigenvalue weighted by atomic mass is 10.1. The van der Waals surface area contributed by atoms with Crippen LogP contribution in [0.5, 0.6) is 0 Å². The van der Waals surface area contributed by atoms with Crippen molar-refractivity contribution in [2.24, 2.45) is 0 Å². The molecule has 29 heavy (non-hydrogen) atoms. The van der Waals surface area contributed by atoms with Gasteiger partial charge >= 0.3 is 0 Å². The Morgan fingerprint density at radius 1 is 1.10 bits per heavy atom. The van der Waals surface area contributed by atoms with Crippen molar-refractivity contribution in [3.63, 3.8) is 0 Å². The van der Waals surface area contributed by atoms with Crippen LogP contribution in [0.4, 0.5) is 10.9 Å². The highest BCUT2D eigenvalue weighted by atomic mass is 32.1. The van der Waals surface area contributed by atoms with Gasteiger partial charge in [-0.2, -0.15) is 0 Å². The fraction of sp³-hybridized carbons (Fsp3) is 0.381. The summed E-state index contributed by atoms with van der Waals surface area (Å²) in [5, 5.41) is 6.02. The zero-order chi connectivity index (χ0) is 20.4. The maximum absolute atomic E-state index is 12.4. The standard InChI is InChI=1S/C21H26N6OS/c1-25(2)21-23-13-18(29-21)15-4-5-16-12-22-19(11-17(16)10-15)24-20(28)14-27-8-6-26(3)7-9-27/h4-5,10-13H,6-9,14H2,1-3H3,(H,22,24,28). The predicted molar refractivity (Wildman–Crippen MR) is 120 cm³/mol. The topological polar surface area (TPSA) is 64.6 Å². The van der Waals surface area contributed by atoms with Crippen LogP contribution in [0.2, 0.25) is 0 Å². The number of nitrogens with one attached hydrogen (secondary N) is 1. The molecule has 0 spiro atoms. The van der Waals surface area contributed by atoms with Crippen LogP contribution >= 0.6 is 11.3 Å². The molecule has 1 N–H and O–H groups in total. The number of benzene rings is 1. The number of fused-ring (bicyclic) bond motifs is 1. The average Bonchev–Trinajstić information content (AvgIpc) is 3.20. The van der Waals surface area contributed by atoms with Crippen LogP contribution in [0.1, 0.15) is 0 Å². The lowest BCUT2D eigenvalue weighted by Crippen LogP contribution is -2.47. The van der Waals surface area contributed by atoms with Gasteiger partial charge in [-0.1, -0.05) is 23.5 Å². The van der Waals surface area contributed by atoms with E-state index in [-0.39, 0.29) is 5.91 Å². The van der Waals surface area contributed by atoms with Gasteiger partial charge in [-0.3, -0.25) is 9.69 Å². The summed E-state index contributed by atoms with van der Waals surface area (Å²) in [6.45, 7) is 4.24. The van der Waals surface area contributed by atoms with Gasteiger partial charge in [0.15, 0.2) is 5.13 Å². The summed E-state index contributed by atoms with van der Waals surface area (Å²) >= 11 is 1.66. The first-order chi connectivity index (χ1) is 14.0. The number of carbonyl (C=O) groups is 1. The highest BCUT2D eigenvalue weighted by Gasteiger charge is 2.17. The number of pyridine rings is 1. The lowest BCUT2D eigenvalue weighted by Gasteiger charge is -2.31. The number of carbonyl (C=O) groups excluding carboxylic acids is 1. The molecule has 0 bridgehead atoms. The lowest BCUT2D eigenvalue weighted by molar-refractivity contribution is -0.117. The molecule has 1 aromatic carbocycles. The van der Waals surface area contributed by atoms with E-state index < -0.39 is 0 Å². The van der Waals surface area contributed by atoms with Crippen LogP contribution in [0.15, 0.2) is 36.7 Å². The van der Waals surface area contributed by atoms with E-state index in [4.69, 9.17) is 0 Å². The third kappa shape index (κ3) is 4.72. The smallest absolute Gasteiger partial charge is 0.239 e. The Balaban J connectivity index is 1.48. The molecule has 0 aliphatic carbocycles. The highest BCUT2D eigenvalue weighted by Crippen LogP contribution is 2.32. The van der Waals surface area contributed by atoms with Gasteiger partial charge in [0.1, 0.15) is 5.82 Å². The SMILES string of the molecule is CN1CCN(CC(=O)Nc2cc3cc(-c4cnc(N(C)C)s4)ccc3cn2)CC1. The van der Waals surface area contributed by atoms with Gasteiger partial charge in [0.05, 0.1) is 11.4 Å². The molecule has 1 aliphatic heterocycles. The van der Waals surface area contributed by atoms with Crippen LogP contribution in [0, 0.1) is 0 Å². The second-order valence-electron chi connectivity index (χ2n) is 7.66. The Morgan fingerprint density at radius 2 is 1.90 bits per heavy atom. The Kier molecular flexibility index (Phi) is 5.75. The van der Waals surface area contributed by atoms with E-state index in [1.807, 2.05) is 37.5 Å². The fourth-order valence-electron chi connectivity index (χ4n) is 3.36. The van der Waals surface area contributed by atoms with Crippen molar-refractivity contribution in [1.82, 2.24) is 19.8 Å². The number of likely N-dealkylation sites (N-methyl/N-ethyl adjacent to an activating group) is 1. The van der Waals surface area contributed by atoms with Gasteiger partial charge in [0.25, 0.3) is 0 Å². The third-order valence-electron chi connectivity index (χ3n) is 5.11. The maximum atomic E-state index is 12.4. The number of aromatic nitrogens is 2. The summed E-state index contributed by atoms with van der Waals surface area (Å²) in [5.41, 5.74) is 1.11. The van der Waals surface area contributed by atoms with E-state index in [1.165, 1.54) is 0 Å². The normalized spacial score (nSPS) is 15.6. The van der Waals surface area contributed by atoms with Crippen LogP contribution < -0.4 is 10.2 Å². The summed E-state index contributed by atoms with van der Waals surface area (Å²) in [5.74, 6) is 0.572. The van der Waals surface area contributed by atoms with Crippen molar-refractivity contribution in [1.29, 1.82) is 0 Å². The molecule has 2 aromatic heterocycles. The maximum Gasteiger partial charge on any atom is 0.239 e. The molecule has 0 atom stereocenters. The summed E-state index contributed by atoms with van der Waals surface area (Å²) in [6, 6.07) is 8.21. The van der Waals surface area contributed by atoms with E-state index >= 15 is 0 Å². The van der Waals surface area contributed by atoms with Gasteiger partial charge in [-0.05, 0) is 30.1 Å². The van der Waals surface area contributed by atoms with Crippen molar-refractivity contribution >= 4 is 39.0 Å². The minimum Gasteiger partial charge on any atom is -0.354 e. The third-order valence-corrected chi connectivity index (χ3v) is 6.33. The Morgan fingerprint density at radius 3 is 2.62 bits per heavy atom. The number of hydrogen-bond donors (Lipinski definition) is 1. The van der Waals surface area contributed by atoms with Gasteiger partial charge in [-0.25, -0.2) is 9.97 Å². The average molecular weight is 411 g/mol. The number of nitrogens with zero attached hydrogens (tertiary/aromatic N) is 5. The summed E-state index contributed by atoms with van der Waals surface area (Å²) in [7, 11) is 6.09. The molecule has 3 aromatic rings. The molecular formula is C21H26N6OS. The van der Waals surface area contributed by atoms with Crippen LogP contribution in [0.25, 0.3) is 21.2 Å². The number of piperazine rings is 1. The molecule has 0 unspecified atom stereocenters. The van der Waals surface area contributed by atoms with Crippen LogP contribution in [0.3, 0.4) is 0 Å². The second-order valence-corrected chi connectivity index (χ2v) is 8.67. The van der Waals surface area contributed by atoms with Crippen molar-refractivity contribution in [2.45, 2.75) is 0 Å². The molecule has 1 amide bonds. The number of rotatable bonds is 5. The van der Waals surface area contributed by atoms with Crippen molar-refractivity contribution in [3.8, 4) is 10.4 Å². The fourth-order valence-corrected chi connectivity index (χ4v) is 4.19. The van der Waals surface area contributed by atoms with Crippen molar-refractivity contribution in [3.05, 3.63) is 36.7 Å². The first-order valence-electron chi connectivity index (χ1n) is 9.72. The van der Waals surface area contributed by atoms with Crippen LogP contribution in [-0.2, 0) is 4.79 Å².